The van der Waals surface area contributed by atoms with Crippen molar-refractivity contribution in [2.24, 2.45) is 23.7 Å². The van der Waals surface area contributed by atoms with Gasteiger partial charge >= 0.3 is 11.9 Å². The molecule has 1 aliphatic rings. The van der Waals surface area contributed by atoms with Gasteiger partial charge < -0.3 is 25.4 Å². The van der Waals surface area contributed by atoms with E-state index in [2.05, 4.69) is 20.5 Å². The molecule has 59 heavy (non-hydrogen) atoms. The molecule has 1 aliphatic heterocycles. The van der Waals surface area contributed by atoms with E-state index in [1.165, 1.54) is 6.92 Å². The van der Waals surface area contributed by atoms with Crippen LogP contribution in [-0.2, 0) is 35.1 Å². The smallest absolute Gasteiger partial charge is 0.306 e. The Morgan fingerprint density at radius 3 is 2.31 bits per heavy atom. The number of ketones is 1. The molecule has 1 unspecified atom stereocenters. The van der Waals surface area contributed by atoms with Gasteiger partial charge in [0.1, 0.15) is 16.7 Å². The number of piperidine rings is 1. The van der Waals surface area contributed by atoms with E-state index in [9.17, 15) is 29.1 Å². The fraction of sp³-hybridized carbons (Fsp3) is 0.667. The molecule has 0 spiro atoms. The van der Waals surface area contributed by atoms with Crippen LogP contribution in [-0.4, -0.2) is 99.6 Å². The van der Waals surface area contributed by atoms with Gasteiger partial charge in [-0.15, -0.1) is 11.3 Å². The molecule has 2 aromatic rings. The van der Waals surface area contributed by atoms with Crippen LogP contribution in [0.5, 0.6) is 0 Å². The number of hydrogen-bond donors (Lipinski definition) is 3. The van der Waals surface area contributed by atoms with Gasteiger partial charge in [0.15, 0.2) is 11.9 Å². The van der Waals surface area contributed by atoms with Gasteiger partial charge in [0, 0.05) is 49.7 Å². The monoisotopic (exact) mass is 839 g/mol. The number of hydrogen-bond acceptors (Lipinski definition) is 10. The topological polar surface area (TPSA) is 175 Å². The Balaban J connectivity index is 2.00. The van der Waals surface area contributed by atoms with Crippen LogP contribution < -0.4 is 10.6 Å². The lowest BCUT2D eigenvalue weighted by molar-refractivity contribution is -0.154. The molecule has 0 aliphatic carbocycles. The number of rotatable bonds is 24. The molecule has 0 saturated carbocycles. The standard InChI is InChI=1S/C45H69N5O8S/c1-10-12-21-46-41(53)31(7)50(44(55)35(29(5)11-2)25-39(52)37-20-16-17-22-49(37)9)38(28(3)4)26-40(58-32(8)51)43-48-36(27-59-43)42(54)47-34(23-30(6)45(56)57)24-33-18-14-13-15-19-33/h13-15,18-19,27-31,34-35,37-38,40H,10-12,16-17,20-26H2,1-9H3,(H,46,53)(H,47,54)(H,56,57)/t29-,30-,31?,34+,35-,37+,38+,40+/m0/s1. The Kier molecular flexibility index (Phi) is 20.2. The van der Waals surface area contributed by atoms with Gasteiger partial charge in [0.05, 0.1) is 12.0 Å². The van der Waals surface area contributed by atoms with Crippen LogP contribution >= 0.6 is 11.3 Å². The van der Waals surface area contributed by atoms with Crippen molar-refractivity contribution in [3.05, 3.63) is 52.0 Å². The number of carbonyl (C=O) groups excluding carboxylic acids is 5. The number of carbonyl (C=O) groups is 6. The molecule has 3 N–H and O–H groups in total. The summed E-state index contributed by atoms with van der Waals surface area (Å²) in [4.78, 5) is 89.3. The van der Waals surface area contributed by atoms with Crippen molar-refractivity contribution in [2.75, 3.05) is 20.1 Å². The van der Waals surface area contributed by atoms with Gasteiger partial charge in [-0.25, -0.2) is 4.98 Å². The number of carboxylic acids is 1. The Labute approximate surface area is 355 Å². The number of ether oxygens (including phenoxy) is 1. The number of thiazole rings is 1. The number of Topliss-reactive ketones (excluding diaryl/α,β-unsaturated/α-hetero) is 1. The number of nitrogens with one attached hydrogen (secondary N) is 2. The van der Waals surface area contributed by atoms with E-state index in [1.807, 2.05) is 72.0 Å². The number of unbranched alkanes of at least 4 members (excludes halogenated alkanes) is 1. The molecule has 1 saturated heterocycles. The lowest BCUT2D eigenvalue weighted by Crippen LogP contribution is -2.57. The number of aromatic nitrogens is 1. The summed E-state index contributed by atoms with van der Waals surface area (Å²) in [6.07, 6.45) is 4.84. The van der Waals surface area contributed by atoms with Crippen molar-refractivity contribution in [2.45, 2.75) is 150 Å². The van der Waals surface area contributed by atoms with E-state index in [-0.39, 0.29) is 60.4 Å². The second-order valence-corrected chi connectivity index (χ2v) is 17.7. The molecule has 13 nitrogen and oxygen atoms in total. The van der Waals surface area contributed by atoms with Crippen LogP contribution in [0.15, 0.2) is 35.7 Å². The number of likely N-dealkylation sites (N-methyl/N-ethyl adjacent to an activating group) is 1. The van der Waals surface area contributed by atoms with Gasteiger partial charge in [-0.1, -0.05) is 91.1 Å². The van der Waals surface area contributed by atoms with Crippen LogP contribution in [0.4, 0.5) is 0 Å². The third-order valence-corrected chi connectivity index (χ3v) is 12.7. The molecule has 14 heteroatoms. The van der Waals surface area contributed by atoms with Crippen molar-refractivity contribution in [1.29, 1.82) is 0 Å². The molecule has 0 radical (unpaired) electrons. The molecule has 3 rings (SSSR count). The lowest BCUT2D eigenvalue weighted by atomic mass is 9.82. The van der Waals surface area contributed by atoms with E-state index < -0.39 is 53.9 Å². The highest BCUT2D eigenvalue weighted by atomic mass is 32.1. The third kappa shape index (κ3) is 14.8. The maximum atomic E-state index is 15.1. The number of esters is 1. The first-order valence-corrected chi connectivity index (χ1v) is 22.4. The van der Waals surface area contributed by atoms with Crippen LogP contribution in [0, 0.1) is 23.7 Å². The van der Waals surface area contributed by atoms with Crippen LogP contribution in [0.25, 0.3) is 0 Å². The Bertz CT molecular complexity index is 1680. The van der Waals surface area contributed by atoms with Gasteiger partial charge in [-0.05, 0) is 70.0 Å². The van der Waals surface area contributed by atoms with E-state index >= 15 is 4.79 Å². The van der Waals surface area contributed by atoms with Crippen LogP contribution in [0.3, 0.4) is 0 Å². The highest BCUT2D eigenvalue weighted by molar-refractivity contribution is 7.09. The minimum Gasteiger partial charge on any atom is -0.481 e. The maximum absolute atomic E-state index is 15.1. The summed E-state index contributed by atoms with van der Waals surface area (Å²) in [6, 6.07) is 7.20. The van der Waals surface area contributed by atoms with E-state index in [0.717, 1.165) is 55.5 Å². The van der Waals surface area contributed by atoms with Crippen molar-refractivity contribution < 1.29 is 38.6 Å². The predicted octanol–water partition coefficient (Wildman–Crippen LogP) is 6.85. The quantitative estimate of drug-likeness (QED) is 0.0749. The minimum absolute atomic E-state index is 0.0294. The zero-order valence-electron chi connectivity index (χ0n) is 36.7. The predicted molar refractivity (Wildman–Crippen MR) is 230 cm³/mol. The zero-order chi connectivity index (χ0) is 43.8. The van der Waals surface area contributed by atoms with Crippen LogP contribution in [0.2, 0.25) is 0 Å². The molecule has 1 aromatic heterocycles. The molecule has 2 heterocycles. The van der Waals surface area contributed by atoms with Gasteiger partial charge in [-0.2, -0.15) is 0 Å². The zero-order valence-corrected chi connectivity index (χ0v) is 37.5. The summed E-state index contributed by atoms with van der Waals surface area (Å²) >= 11 is 1.14. The summed E-state index contributed by atoms with van der Waals surface area (Å²) < 4.78 is 5.90. The molecular formula is C45H69N5O8S. The van der Waals surface area contributed by atoms with E-state index in [4.69, 9.17) is 4.74 Å². The van der Waals surface area contributed by atoms with Crippen molar-refractivity contribution in [1.82, 2.24) is 25.4 Å². The average Bonchev–Trinajstić information content (AvgIpc) is 3.70. The lowest BCUT2D eigenvalue weighted by Gasteiger charge is -2.42. The molecule has 1 aromatic carbocycles. The Morgan fingerprint density at radius 1 is 1.02 bits per heavy atom. The number of benzene rings is 1. The summed E-state index contributed by atoms with van der Waals surface area (Å²) in [5, 5.41) is 17.5. The Hall–Kier alpha value is -4.17. The first-order chi connectivity index (χ1) is 28.0. The number of likely N-dealkylation sites (tertiary alicyclic amines) is 1. The molecule has 3 amide bonds. The first kappa shape index (κ1) is 49.2. The SMILES string of the molecule is CCCCNC(=O)C(C)N(C(=O)[C@@H](CC(=O)[C@H]1CCCCN1C)[C@@H](C)CC)[C@H](C[C@@H](OC(C)=O)c1nc(C(=O)N[C@@H](Cc2ccccc2)C[C@H](C)C(=O)O)cs1)C(C)C. The minimum atomic E-state index is -0.969. The number of aliphatic carboxylic acids is 1. The molecule has 1 fully saturated rings. The summed E-state index contributed by atoms with van der Waals surface area (Å²) in [6.45, 7) is 15.8. The highest BCUT2D eigenvalue weighted by Crippen LogP contribution is 2.34. The normalized spacial score (nSPS) is 18.1. The molecule has 8 atom stereocenters. The Morgan fingerprint density at radius 2 is 1.71 bits per heavy atom. The molecular weight excluding hydrogens is 771 g/mol. The van der Waals surface area contributed by atoms with Crippen molar-refractivity contribution in [3.8, 4) is 0 Å². The van der Waals surface area contributed by atoms with E-state index in [0.29, 0.717) is 24.4 Å². The fourth-order valence-corrected chi connectivity index (χ4v) is 8.73. The third-order valence-electron chi connectivity index (χ3n) is 11.7. The highest BCUT2D eigenvalue weighted by Gasteiger charge is 2.42. The van der Waals surface area contributed by atoms with Crippen molar-refractivity contribution in [3.63, 3.8) is 0 Å². The number of carboxylic acid groups (broad SMARTS) is 1. The summed E-state index contributed by atoms with van der Waals surface area (Å²) in [5.74, 6) is -4.35. The molecule has 0 bridgehead atoms. The maximum Gasteiger partial charge on any atom is 0.306 e. The van der Waals surface area contributed by atoms with Crippen molar-refractivity contribution >= 4 is 46.8 Å². The number of nitrogens with zero attached hydrogens (tertiary/aromatic N) is 3. The average molecular weight is 840 g/mol. The van der Waals surface area contributed by atoms with Gasteiger partial charge in [0.2, 0.25) is 11.8 Å². The fourth-order valence-electron chi connectivity index (χ4n) is 7.89. The van der Waals surface area contributed by atoms with E-state index in [1.54, 1.807) is 24.1 Å². The second-order valence-electron chi connectivity index (χ2n) is 16.8. The van der Waals surface area contributed by atoms with Crippen LogP contribution in [0.1, 0.15) is 140 Å². The summed E-state index contributed by atoms with van der Waals surface area (Å²) in [7, 11) is 1.96. The van der Waals surface area contributed by atoms with Gasteiger partial charge in [0.25, 0.3) is 5.91 Å². The summed E-state index contributed by atoms with van der Waals surface area (Å²) in [5.41, 5.74) is 1.03. The largest absolute Gasteiger partial charge is 0.481 e. The van der Waals surface area contributed by atoms with Gasteiger partial charge in [-0.3, -0.25) is 33.7 Å². The molecule has 328 valence electrons. The number of amides is 3. The first-order valence-electron chi connectivity index (χ1n) is 21.5. The second kappa shape index (κ2) is 24.2.